The van der Waals surface area contributed by atoms with E-state index in [4.69, 9.17) is 4.74 Å². The SMILES string of the molecule is COc1ccc(C(=O)C2CCN(C(=O)CCc3nc4sc(C)c(C)c4c(=O)[nH]3)CC2)cc1. The quantitative estimate of drug-likeness (QED) is 0.575. The van der Waals surface area contributed by atoms with Crippen LogP contribution in [0.5, 0.6) is 5.75 Å². The third kappa shape index (κ3) is 4.46. The van der Waals surface area contributed by atoms with Gasteiger partial charge in [0, 0.05) is 42.3 Å². The normalized spacial score (nSPS) is 14.7. The third-order valence-corrected chi connectivity index (χ3v) is 7.36. The van der Waals surface area contributed by atoms with Crippen molar-refractivity contribution in [1.82, 2.24) is 14.9 Å². The lowest BCUT2D eigenvalue weighted by Gasteiger charge is -2.31. The Hall–Kier alpha value is -3.00. The molecule has 4 rings (SSSR count). The maximum Gasteiger partial charge on any atom is 0.259 e. The number of rotatable bonds is 6. The van der Waals surface area contributed by atoms with Crippen LogP contribution in [-0.4, -0.2) is 46.8 Å². The van der Waals surface area contributed by atoms with E-state index < -0.39 is 0 Å². The first-order valence-electron chi connectivity index (χ1n) is 10.8. The topological polar surface area (TPSA) is 92.4 Å². The number of likely N-dealkylation sites (tertiary alicyclic amines) is 1. The number of carbonyl (C=O) groups excluding carboxylic acids is 2. The number of nitrogens with one attached hydrogen (secondary N) is 1. The summed E-state index contributed by atoms with van der Waals surface area (Å²) in [6.07, 6.45) is 2.00. The molecule has 0 spiro atoms. The van der Waals surface area contributed by atoms with Crippen LogP contribution in [0.15, 0.2) is 29.1 Å². The minimum absolute atomic E-state index is 0.0293. The number of aryl methyl sites for hydroxylation is 3. The van der Waals surface area contributed by atoms with Gasteiger partial charge in [-0.15, -0.1) is 11.3 Å². The van der Waals surface area contributed by atoms with Crippen molar-refractivity contribution in [3.8, 4) is 5.75 Å². The Morgan fingerprint density at radius 1 is 1.19 bits per heavy atom. The molecule has 3 aromatic rings. The molecule has 0 aliphatic carbocycles. The van der Waals surface area contributed by atoms with Gasteiger partial charge in [0.2, 0.25) is 5.91 Å². The van der Waals surface area contributed by atoms with E-state index in [0.29, 0.717) is 49.1 Å². The molecule has 1 aliphatic heterocycles. The van der Waals surface area contributed by atoms with E-state index in [1.807, 2.05) is 18.7 Å². The Morgan fingerprint density at radius 2 is 1.88 bits per heavy atom. The van der Waals surface area contributed by atoms with Crippen LogP contribution in [0.2, 0.25) is 0 Å². The number of piperidine rings is 1. The van der Waals surface area contributed by atoms with Crippen molar-refractivity contribution >= 4 is 33.2 Å². The lowest BCUT2D eigenvalue weighted by molar-refractivity contribution is -0.132. The van der Waals surface area contributed by atoms with Gasteiger partial charge in [-0.2, -0.15) is 0 Å². The van der Waals surface area contributed by atoms with Crippen molar-refractivity contribution in [1.29, 1.82) is 0 Å². The predicted octanol–water partition coefficient (Wildman–Crippen LogP) is 3.66. The van der Waals surface area contributed by atoms with Gasteiger partial charge < -0.3 is 14.6 Å². The smallest absolute Gasteiger partial charge is 0.259 e. The second-order valence-electron chi connectivity index (χ2n) is 8.22. The number of nitrogens with zero attached hydrogens (tertiary/aromatic N) is 2. The minimum Gasteiger partial charge on any atom is -0.497 e. The molecule has 1 aliphatic rings. The van der Waals surface area contributed by atoms with Gasteiger partial charge in [-0.3, -0.25) is 14.4 Å². The van der Waals surface area contributed by atoms with Crippen molar-refractivity contribution in [2.24, 2.45) is 5.92 Å². The molecular formula is C24H27N3O4S. The van der Waals surface area contributed by atoms with E-state index in [2.05, 4.69) is 9.97 Å². The standard InChI is InChI=1S/C24H27N3O4S/c1-14-15(2)32-24-21(14)23(30)25-19(26-24)8-9-20(28)27-12-10-17(11-13-27)22(29)16-4-6-18(31-3)7-5-16/h4-7,17H,8-13H2,1-3H3,(H,25,26,30). The van der Waals surface area contributed by atoms with Crippen LogP contribution in [0.25, 0.3) is 10.2 Å². The number of H-pyrrole nitrogens is 1. The molecular weight excluding hydrogens is 426 g/mol. The third-order valence-electron chi connectivity index (χ3n) is 6.26. The Morgan fingerprint density at radius 3 is 2.53 bits per heavy atom. The van der Waals surface area contributed by atoms with E-state index in [1.165, 1.54) is 11.3 Å². The molecule has 1 N–H and O–H groups in total. The van der Waals surface area contributed by atoms with Crippen LogP contribution < -0.4 is 10.3 Å². The summed E-state index contributed by atoms with van der Waals surface area (Å²) in [6.45, 7) is 5.04. The summed E-state index contributed by atoms with van der Waals surface area (Å²) in [5.41, 5.74) is 1.51. The van der Waals surface area contributed by atoms with E-state index >= 15 is 0 Å². The number of methoxy groups -OCH3 is 1. The summed E-state index contributed by atoms with van der Waals surface area (Å²) in [7, 11) is 1.60. The zero-order chi connectivity index (χ0) is 22.8. The van der Waals surface area contributed by atoms with Crippen LogP contribution in [0, 0.1) is 19.8 Å². The number of aromatic nitrogens is 2. The largest absolute Gasteiger partial charge is 0.497 e. The highest BCUT2D eigenvalue weighted by molar-refractivity contribution is 7.18. The van der Waals surface area contributed by atoms with Gasteiger partial charge in [-0.1, -0.05) is 0 Å². The summed E-state index contributed by atoms with van der Waals surface area (Å²) < 4.78 is 5.14. The molecule has 0 radical (unpaired) electrons. The predicted molar refractivity (Wildman–Crippen MR) is 125 cm³/mol. The van der Waals surface area contributed by atoms with Gasteiger partial charge in [-0.25, -0.2) is 4.98 Å². The first-order chi connectivity index (χ1) is 15.4. The van der Waals surface area contributed by atoms with E-state index in [0.717, 1.165) is 21.0 Å². The fourth-order valence-corrected chi connectivity index (χ4v) is 5.23. The number of hydrogen-bond acceptors (Lipinski definition) is 6. The molecule has 0 atom stereocenters. The zero-order valence-corrected chi connectivity index (χ0v) is 19.4. The minimum atomic E-state index is -0.142. The number of hydrogen-bond donors (Lipinski definition) is 1. The Bertz CT molecular complexity index is 1200. The molecule has 0 saturated carbocycles. The molecule has 8 heteroatoms. The van der Waals surface area contributed by atoms with Gasteiger partial charge in [-0.05, 0) is 56.5 Å². The molecule has 7 nitrogen and oxygen atoms in total. The summed E-state index contributed by atoms with van der Waals surface area (Å²) in [4.78, 5) is 48.9. The van der Waals surface area contributed by atoms with Gasteiger partial charge in [0.1, 0.15) is 16.4 Å². The van der Waals surface area contributed by atoms with Gasteiger partial charge in [0.05, 0.1) is 12.5 Å². The second kappa shape index (κ2) is 9.24. The maximum atomic E-state index is 12.8. The van der Waals surface area contributed by atoms with Crippen molar-refractivity contribution in [3.05, 3.63) is 56.4 Å². The average Bonchev–Trinajstić information content (AvgIpc) is 3.10. The summed E-state index contributed by atoms with van der Waals surface area (Å²) in [6, 6.07) is 7.17. The van der Waals surface area contributed by atoms with Crippen LogP contribution in [0.4, 0.5) is 0 Å². The summed E-state index contributed by atoms with van der Waals surface area (Å²) in [5.74, 6) is 1.35. The lowest BCUT2D eigenvalue weighted by atomic mass is 9.88. The molecule has 3 heterocycles. The monoisotopic (exact) mass is 453 g/mol. The fraction of sp³-hybridized carbons (Fsp3) is 0.417. The zero-order valence-electron chi connectivity index (χ0n) is 18.6. The van der Waals surface area contributed by atoms with Gasteiger partial charge in [0.25, 0.3) is 5.56 Å². The molecule has 1 saturated heterocycles. The van der Waals surface area contributed by atoms with Crippen molar-refractivity contribution in [3.63, 3.8) is 0 Å². The number of aromatic amines is 1. The number of benzene rings is 1. The molecule has 1 amide bonds. The molecule has 0 unspecified atom stereocenters. The first kappa shape index (κ1) is 22.2. The Balaban J connectivity index is 1.32. The Labute approximate surface area is 190 Å². The van der Waals surface area contributed by atoms with E-state index in [9.17, 15) is 14.4 Å². The molecule has 0 bridgehead atoms. The number of amides is 1. The molecule has 168 valence electrons. The summed E-state index contributed by atoms with van der Waals surface area (Å²) >= 11 is 1.51. The van der Waals surface area contributed by atoms with Crippen LogP contribution in [-0.2, 0) is 11.2 Å². The summed E-state index contributed by atoms with van der Waals surface area (Å²) in [5, 5.41) is 0.645. The number of carbonyl (C=O) groups is 2. The van der Waals surface area contributed by atoms with Crippen LogP contribution in [0.1, 0.15) is 45.9 Å². The number of ether oxygens (including phenoxy) is 1. The number of Topliss-reactive ketones (excluding diaryl/α,β-unsaturated/α-hetero) is 1. The van der Waals surface area contributed by atoms with Crippen LogP contribution >= 0.6 is 11.3 Å². The van der Waals surface area contributed by atoms with Crippen molar-refractivity contribution in [2.45, 2.75) is 39.5 Å². The highest BCUT2D eigenvalue weighted by Crippen LogP contribution is 2.26. The second-order valence-corrected chi connectivity index (χ2v) is 9.43. The number of ketones is 1. The highest BCUT2D eigenvalue weighted by atomic mass is 32.1. The van der Waals surface area contributed by atoms with Crippen molar-refractivity contribution < 1.29 is 14.3 Å². The number of fused-ring (bicyclic) bond motifs is 1. The van der Waals surface area contributed by atoms with Crippen LogP contribution in [0.3, 0.4) is 0 Å². The van der Waals surface area contributed by atoms with Crippen molar-refractivity contribution in [2.75, 3.05) is 20.2 Å². The van der Waals surface area contributed by atoms with E-state index in [-0.39, 0.29) is 29.6 Å². The lowest BCUT2D eigenvalue weighted by Crippen LogP contribution is -2.40. The number of thiophene rings is 1. The maximum absolute atomic E-state index is 12.8. The molecule has 32 heavy (non-hydrogen) atoms. The Kier molecular flexibility index (Phi) is 6.41. The van der Waals surface area contributed by atoms with E-state index in [1.54, 1.807) is 31.4 Å². The van der Waals surface area contributed by atoms with Gasteiger partial charge >= 0.3 is 0 Å². The highest BCUT2D eigenvalue weighted by Gasteiger charge is 2.28. The average molecular weight is 454 g/mol. The fourth-order valence-electron chi connectivity index (χ4n) is 4.18. The first-order valence-corrected chi connectivity index (χ1v) is 11.6. The molecule has 1 fully saturated rings. The molecule has 1 aromatic carbocycles. The van der Waals surface area contributed by atoms with Gasteiger partial charge in [0.15, 0.2) is 5.78 Å². The molecule has 2 aromatic heterocycles.